The molecule has 0 fully saturated rings. The number of fused-ring (bicyclic) bond motifs is 3. The van der Waals surface area contributed by atoms with Gasteiger partial charge < -0.3 is 4.57 Å². The number of hydrogen-bond donors (Lipinski definition) is 0. The molecule has 0 radical (unpaired) electrons. The summed E-state index contributed by atoms with van der Waals surface area (Å²) in [6.45, 7) is 16.0. The average Bonchev–Trinajstić information content (AvgIpc) is 2.71. The second-order valence-electron chi connectivity index (χ2n) is 6.34. The molecule has 100 valence electrons. The molecule has 0 N–H and O–H groups in total. The van der Waals surface area contributed by atoms with Crippen molar-refractivity contribution >= 4 is 27.5 Å². The van der Waals surface area contributed by atoms with Crippen LogP contribution in [0.2, 0.25) is 0 Å². The molecule has 0 aliphatic heterocycles. The van der Waals surface area contributed by atoms with Crippen molar-refractivity contribution in [2.24, 2.45) is 0 Å². The third-order valence-corrected chi connectivity index (χ3v) is 3.70. The third kappa shape index (κ3) is 1.78. The SMILES string of the molecule is [C-]#[N+]c1ccc2c(c1)c1cc(C)ccc1n2C(C)(C)C. The fourth-order valence-electron chi connectivity index (χ4n) is 2.92. The van der Waals surface area contributed by atoms with Crippen molar-refractivity contribution in [2.75, 3.05) is 0 Å². The first-order chi connectivity index (χ1) is 9.41. The van der Waals surface area contributed by atoms with Gasteiger partial charge in [-0.2, -0.15) is 0 Å². The third-order valence-electron chi connectivity index (χ3n) is 3.70. The first-order valence-electron chi connectivity index (χ1n) is 6.84. The predicted molar refractivity (Wildman–Crippen MR) is 85.4 cm³/mol. The predicted octanol–water partition coefficient (Wildman–Crippen LogP) is 5.41. The van der Waals surface area contributed by atoms with Gasteiger partial charge in [-0.1, -0.05) is 17.7 Å². The van der Waals surface area contributed by atoms with Crippen molar-refractivity contribution in [3.63, 3.8) is 0 Å². The minimum Gasteiger partial charge on any atom is -0.335 e. The number of aromatic nitrogens is 1. The van der Waals surface area contributed by atoms with Crippen molar-refractivity contribution in [1.29, 1.82) is 0 Å². The van der Waals surface area contributed by atoms with E-state index in [1.807, 2.05) is 12.1 Å². The molecule has 2 aromatic carbocycles. The molecule has 3 rings (SSSR count). The van der Waals surface area contributed by atoms with Crippen LogP contribution in [0.15, 0.2) is 36.4 Å². The van der Waals surface area contributed by atoms with Gasteiger partial charge in [-0.25, -0.2) is 4.85 Å². The summed E-state index contributed by atoms with van der Waals surface area (Å²) >= 11 is 0. The summed E-state index contributed by atoms with van der Waals surface area (Å²) in [4.78, 5) is 3.56. The molecule has 20 heavy (non-hydrogen) atoms. The fourth-order valence-corrected chi connectivity index (χ4v) is 2.92. The lowest BCUT2D eigenvalue weighted by Crippen LogP contribution is -2.21. The monoisotopic (exact) mass is 262 g/mol. The molecular formula is C18H18N2. The number of benzene rings is 2. The summed E-state index contributed by atoms with van der Waals surface area (Å²) in [7, 11) is 0. The minimum absolute atomic E-state index is 0.00881. The molecule has 3 aromatic rings. The maximum Gasteiger partial charge on any atom is 0.188 e. The van der Waals surface area contributed by atoms with E-state index < -0.39 is 0 Å². The maximum atomic E-state index is 7.22. The largest absolute Gasteiger partial charge is 0.335 e. The van der Waals surface area contributed by atoms with Crippen LogP contribution >= 0.6 is 0 Å². The highest BCUT2D eigenvalue weighted by Gasteiger charge is 2.20. The van der Waals surface area contributed by atoms with Gasteiger partial charge >= 0.3 is 0 Å². The zero-order valence-corrected chi connectivity index (χ0v) is 12.4. The Balaban J connectivity index is 2.57. The Kier molecular flexibility index (Phi) is 2.62. The van der Waals surface area contributed by atoms with Crippen molar-refractivity contribution in [1.82, 2.24) is 4.57 Å². The summed E-state index contributed by atoms with van der Waals surface area (Å²) in [6, 6.07) is 12.5. The standard InChI is InChI=1S/C18H18N2/c1-12-6-8-16-14(10-12)15-11-13(19-5)7-9-17(15)20(16)18(2,3)4/h6-11H,1-4H3. The molecule has 2 heteroatoms. The average molecular weight is 262 g/mol. The fraction of sp³-hybridized carbons (Fsp3) is 0.278. The minimum atomic E-state index is 0.00881. The topological polar surface area (TPSA) is 9.29 Å². The van der Waals surface area contributed by atoms with E-state index in [-0.39, 0.29) is 5.54 Å². The lowest BCUT2D eigenvalue weighted by molar-refractivity contribution is 0.423. The van der Waals surface area contributed by atoms with E-state index in [0.717, 1.165) is 0 Å². The second kappa shape index (κ2) is 4.11. The van der Waals surface area contributed by atoms with E-state index in [1.54, 1.807) is 0 Å². The highest BCUT2D eigenvalue weighted by Crippen LogP contribution is 2.36. The van der Waals surface area contributed by atoms with Crippen LogP contribution in [0.4, 0.5) is 5.69 Å². The molecule has 0 aliphatic rings. The Morgan fingerprint density at radius 3 is 2.15 bits per heavy atom. The first-order valence-corrected chi connectivity index (χ1v) is 6.84. The van der Waals surface area contributed by atoms with E-state index in [1.165, 1.54) is 27.4 Å². The van der Waals surface area contributed by atoms with Crippen LogP contribution in [-0.2, 0) is 5.54 Å². The van der Waals surface area contributed by atoms with Gasteiger partial charge in [0.1, 0.15) is 0 Å². The van der Waals surface area contributed by atoms with Gasteiger partial charge in [0, 0.05) is 22.0 Å². The molecule has 0 bridgehead atoms. The van der Waals surface area contributed by atoms with Gasteiger partial charge in [0.25, 0.3) is 0 Å². The maximum absolute atomic E-state index is 7.22. The van der Waals surface area contributed by atoms with Gasteiger partial charge in [-0.15, -0.1) is 0 Å². The molecule has 0 unspecified atom stereocenters. The highest BCUT2D eigenvalue weighted by molar-refractivity contribution is 6.09. The van der Waals surface area contributed by atoms with E-state index in [9.17, 15) is 0 Å². The smallest absolute Gasteiger partial charge is 0.188 e. The van der Waals surface area contributed by atoms with Gasteiger partial charge in [0.05, 0.1) is 6.57 Å². The van der Waals surface area contributed by atoms with Gasteiger partial charge in [-0.05, 0) is 57.3 Å². The quantitative estimate of drug-likeness (QED) is 0.479. The van der Waals surface area contributed by atoms with Crippen LogP contribution in [-0.4, -0.2) is 4.57 Å². The molecule has 0 aliphatic carbocycles. The molecule has 0 amide bonds. The normalized spacial score (nSPS) is 11.9. The second-order valence-corrected chi connectivity index (χ2v) is 6.34. The van der Waals surface area contributed by atoms with E-state index in [0.29, 0.717) is 5.69 Å². The molecule has 0 saturated heterocycles. The van der Waals surface area contributed by atoms with Crippen molar-refractivity contribution < 1.29 is 0 Å². The molecule has 0 atom stereocenters. The van der Waals surface area contributed by atoms with E-state index in [4.69, 9.17) is 6.57 Å². The summed E-state index contributed by atoms with van der Waals surface area (Å²) in [5.74, 6) is 0. The Morgan fingerprint density at radius 1 is 0.950 bits per heavy atom. The summed E-state index contributed by atoms with van der Waals surface area (Å²) in [6.07, 6.45) is 0. The van der Waals surface area contributed by atoms with Crippen molar-refractivity contribution in [3.05, 3.63) is 53.4 Å². The van der Waals surface area contributed by atoms with Crippen LogP contribution in [0, 0.1) is 13.5 Å². The number of hydrogen-bond acceptors (Lipinski definition) is 0. The van der Waals surface area contributed by atoms with Gasteiger partial charge in [0.2, 0.25) is 0 Å². The van der Waals surface area contributed by atoms with E-state index >= 15 is 0 Å². The Morgan fingerprint density at radius 2 is 1.55 bits per heavy atom. The van der Waals surface area contributed by atoms with Crippen molar-refractivity contribution in [2.45, 2.75) is 33.2 Å². The van der Waals surface area contributed by atoms with Gasteiger partial charge in [-0.3, -0.25) is 0 Å². The number of aryl methyl sites for hydroxylation is 1. The number of nitrogens with zero attached hydrogens (tertiary/aromatic N) is 2. The van der Waals surface area contributed by atoms with Crippen LogP contribution in [0.3, 0.4) is 0 Å². The molecule has 1 heterocycles. The van der Waals surface area contributed by atoms with Crippen LogP contribution < -0.4 is 0 Å². The molecule has 0 saturated carbocycles. The Bertz CT molecular complexity index is 855. The molecule has 2 nitrogen and oxygen atoms in total. The summed E-state index contributed by atoms with van der Waals surface area (Å²) < 4.78 is 2.37. The van der Waals surface area contributed by atoms with Crippen LogP contribution in [0.1, 0.15) is 26.3 Å². The summed E-state index contributed by atoms with van der Waals surface area (Å²) in [5, 5.41) is 2.41. The zero-order chi connectivity index (χ0) is 14.5. The first kappa shape index (κ1) is 12.7. The lowest BCUT2D eigenvalue weighted by Gasteiger charge is -2.24. The molecule has 0 spiro atoms. The summed E-state index contributed by atoms with van der Waals surface area (Å²) in [5.41, 5.74) is 4.39. The highest BCUT2D eigenvalue weighted by atomic mass is 15.0. The Labute approximate surface area is 119 Å². The number of rotatable bonds is 0. The molecular weight excluding hydrogens is 244 g/mol. The van der Waals surface area contributed by atoms with E-state index in [2.05, 4.69) is 61.4 Å². The lowest BCUT2D eigenvalue weighted by atomic mass is 10.1. The molecule has 1 aromatic heterocycles. The van der Waals surface area contributed by atoms with Gasteiger partial charge in [0.15, 0.2) is 5.69 Å². The van der Waals surface area contributed by atoms with Crippen molar-refractivity contribution in [3.8, 4) is 0 Å². The Hall–Kier alpha value is -2.27. The van der Waals surface area contributed by atoms with Crippen LogP contribution in [0.25, 0.3) is 26.7 Å². The van der Waals surface area contributed by atoms with Crippen LogP contribution in [0.5, 0.6) is 0 Å². The zero-order valence-electron chi connectivity index (χ0n) is 12.4.